The van der Waals surface area contributed by atoms with Gasteiger partial charge < -0.3 is 5.32 Å². The van der Waals surface area contributed by atoms with Gasteiger partial charge >= 0.3 is 6.03 Å². The van der Waals surface area contributed by atoms with Crippen molar-refractivity contribution in [3.8, 4) is 0 Å². The molecule has 192 valence electrons. The van der Waals surface area contributed by atoms with E-state index in [4.69, 9.17) is 23.2 Å². The predicted molar refractivity (Wildman–Crippen MR) is 143 cm³/mol. The van der Waals surface area contributed by atoms with Gasteiger partial charge in [0.25, 0.3) is 0 Å². The third-order valence-electron chi connectivity index (χ3n) is 7.19. The number of nitrogens with zero attached hydrogens (tertiary/aromatic N) is 3. The number of carbonyl (C=O) groups excluding carboxylic acids is 1. The van der Waals surface area contributed by atoms with E-state index < -0.39 is 11.2 Å². The summed E-state index contributed by atoms with van der Waals surface area (Å²) < 4.78 is 27.7. The lowest BCUT2D eigenvalue weighted by Gasteiger charge is -2.39. The molecule has 1 aromatic heterocycles. The summed E-state index contributed by atoms with van der Waals surface area (Å²) in [6.07, 6.45) is 7.12. The van der Waals surface area contributed by atoms with E-state index in [1.807, 2.05) is 6.08 Å². The summed E-state index contributed by atoms with van der Waals surface area (Å²) >= 11 is 12.5. The quantitative estimate of drug-likeness (QED) is 0.377. The first-order chi connectivity index (χ1) is 17.8. The van der Waals surface area contributed by atoms with Crippen molar-refractivity contribution in [3.63, 3.8) is 0 Å². The number of halogens is 4. The number of hydrogen-bond acceptors (Lipinski definition) is 3. The summed E-state index contributed by atoms with van der Waals surface area (Å²) in [5, 5.41) is 3.40. The Balaban J connectivity index is 1.28. The van der Waals surface area contributed by atoms with Crippen molar-refractivity contribution >= 4 is 41.0 Å². The van der Waals surface area contributed by atoms with E-state index in [1.54, 1.807) is 41.4 Å². The molecule has 2 aliphatic rings. The Morgan fingerprint density at radius 1 is 1.08 bits per heavy atom. The van der Waals surface area contributed by atoms with Gasteiger partial charge in [-0.3, -0.25) is 9.80 Å². The van der Waals surface area contributed by atoms with Gasteiger partial charge in [0.2, 0.25) is 0 Å². The van der Waals surface area contributed by atoms with Gasteiger partial charge in [0.05, 0.1) is 10.7 Å². The van der Waals surface area contributed by atoms with Crippen molar-refractivity contribution in [3.05, 3.63) is 99.3 Å². The Hall–Kier alpha value is -3.00. The summed E-state index contributed by atoms with van der Waals surface area (Å²) in [7, 11) is 0. The second-order valence-electron chi connectivity index (χ2n) is 9.52. The largest absolute Gasteiger partial charge is 0.334 e. The second kappa shape index (κ2) is 10.8. The van der Waals surface area contributed by atoms with E-state index in [0.717, 1.165) is 49.2 Å². The number of anilines is 1. The Labute approximate surface area is 224 Å². The fraction of sp³-hybridized carbons (Fsp3) is 0.286. The molecule has 1 saturated heterocycles. The van der Waals surface area contributed by atoms with Crippen LogP contribution in [0, 0.1) is 11.6 Å². The lowest BCUT2D eigenvalue weighted by atomic mass is 9.74. The number of urea groups is 1. The molecule has 0 aliphatic carbocycles. The number of nitrogens with one attached hydrogen (secondary N) is 1. The first-order valence-corrected chi connectivity index (χ1v) is 12.9. The van der Waals surface area contributed by atoms with Crippen LogP contribution in [-0.2, 0) is 12.0 Å². The van der Waals surface area contributed by atoms with Crippen LogP contribution in [0.15, 0.2) is 60.8 Å². The summed E-state index contributed by atoms with van der Waals surface area (Å²) in [6, 6.07) is 12.6. The van der Waals surface area contributed by atoms with Crippen molar-refractivity contribution in [1.82, 2.24) is 15.2 Å². The summed E-state index contributed by atoms with van der Waals surface area (Å²) in [6.45, 7) is 3.04. The number of carbonyl (C=O) groups is 1. The number of aromatic nitrogens is 1. The molecular weight excluding hydrogens is 517 g/mol. The molecule has 0 unspecified atom stereocenters. The molecule has 0 atom stereocenters. The number of rotatable bonds is 5. The zero-order chi connectivity index (χ0) is 26.0. The Bertz CT molecular complexity index is 1320. The van der Waals surface area contributed by atoms with Crippen molar-refractivity contribution in [2.45, 2.75) is 24.8 Å². The normalized spacial score (nSPS) is 16.9. The van der Waals surface area contributed by atoms with Crippen molar-refractivity contribution in [1.29, 1.82) is 0 Å². The van der Waals surface area contributed by atoms with Crippen LogP contribution in [-0.4, -0.2) is 42.1 Å². The summed E-state index contributed by atoms with van der Waals surface area (Å²) in [5.74, 6) is -0.729. The van der Waals surface area contributed by atoms with Crippen LogP contribution in [0.2, 0.25) is 10.2 Å². The van der Waals surface area contributed by atoms with Gasteiger partial charge in [-0.2, -0.15) is 0 Å². The van der Waals surface area contributed by atoms with Crippen LogP contribution in [0.3, 0.4) is 0 Å². The van der Waals surface area contributed by atoms with Gasteiger partial charge in [-0.1, -0.05) is 47.5 Å². The zero-order valence-electron chi connectivity index (χ0n) is 20.1. The minimum Gasteiger partial charge on any atom is -0.334 e. The van der Waals surface area contributed by atoms with Gasteiger partial charge in [-0.05, 0) is 73.5 Å². The van der Waals surface area contributed by atoms with Gasteiger partial charge in [0.1, 0.15) is 16.8 Å². The molecule has 3 heterocycles. The van der Waals surface area contributed by atoms with Crippen LogP contribution in [0.1, 0.15) is 29.5 Å². The van der Waals surface area contributed by atoms with Crippen molar-refractivity contribution < 1.29 is 13.6 Å². The monoisotopic (exact) mass is 542 g/mol. The number of fused-ring (bicyclic) bond motifs is 2. The third-order valence-corrected chi connectivity index (χ3v) is 7.77. The average Bonchev–Trinajstić information content (AvgIpc) is 3.21. The Morgan fingerprint density at radius 3 is 2.57 bits per heavy atom. The fourth-order valence-electron chi connectivity index (χ4n) is 5.23. The molecule has 1 spiro atoms. The van der Waals surface area contributed by atoms with Gasteiger partial charge in [-0.25, -0.2) is 18.6 Å². The molecule has 37 heavy (non-hydrogen) atoms. The first kappa shape index (κ1) is 25.6. The molecule has 5 nitrogen and oxygen atoms in total. The molecule has 0 bridgehead atoms. The molecule has 0 radical (unpaired) electrons. The van der Waals surface area contributed by atoms with Crippen LogP contribution < -0.4 is 10.2 Å². The number of hydrogen-bond donors (Lipinski definition) is 1. The van der Waals surface area contributed by atoms with E-state index in [9.17, 15) is 13.6 Å². The van der Waals surface area contributed by atoms with Gasteiger partial charge in [0, 0.05) is 36.8 Å². The minimum atomic E-state index is -0.474. The highest BCUT2D eigenvalue weighted by atomic mass is 35.5. The van der Waals surface area contributed by atoms with E-state index in [-0.39, 0.29) is 16.9 Å². The lowest BCUT2D eigenvalue weighted by molar-refractivity contribution is 0.180. The number of benzene rings is 2. The SMILES string of the molecule is O=C(NCc1ccnc(Cl)c1)N1CC2(CCN(C/C=C/c3ccc(F)cc3)CC2)c2c1ccc(F)c2Cl. The van der Waals surface area contributed by atoms with Crippen LogP contribution in [0.4, 0.5) is 19.3 Å². The second-order valence-corrected chi connectivity index (χ2v) is 10.3. The van der Waals surface area contributed by atoms with Crippen LogP contribution in [0.5, 0.6) is 0 Å². The average molecular weight is 543 g/mol. The predicted octanol–water partition coefficient (Wildman–Crippen LogP) is 6.44. The third kappa shape index (κ3) is 5.49. The zero-order valence-corrected chi connectivity index (χ0v) is 21.6. The summed E-state index contributed by atoms with van der Waals surface area (Å²) in [4.78, 5) is 21.2. The van der Waals surface area contributed by atoms with Crippen LogP contribution >= 0.6 is 23.2 Å². The highest BCUT2D eigenvalue weighted by molar-refractivity contribution is 6.32. The van der Waals surface area contributed by atoms with Gasteiger partial charge in [0.15, 0.2) is 0 Å². The Morgan fingerprint density at radius 2 is 1.84 bits per heavy atom. The van der Waals surface area contributed by atoms with Crippen LogP contribution in [0.25, 0.3) is 6.08 Å². The molecule has 2 amide bonds. The molecule has 2 aliphatic heterocycles. The topological polar surface area (TPSA) is 48.5 Å². The van der Waals surface area contributed by atoms with E-state index in [1.165, 1.54) is 18.2 Å². The molecule has 1 N–H and O–H groups in total. The highest BCUT2D eigenvalue weighted by Crippen LogP contribution is 2.50. The lowest BCUT2D eigenvalue weighted by Crippen LogP contribution is -2.47. The van der Waals surface area contributed by atoms with E-state index in [2.05, 4.69) is 21.3 Å². The number of pyridine rings is 1. The van der Waals surface area contributed by atoms with E-state index >= 15 is 0 Å². The maximum absolute atomic E-state index is 14.6. The van der Waals surface area contributed by atoms with Gasteiger partial charge in [-0.15, -0.1) is 0 Å². The van der Waals surface area contributed by atoms with E-state index in [0.29, 0.717) is 23.9 Å². The van der Waals surface area contributed by atoms with Crippen molar-refractivity contribution in [2.75, 3.05) is 31.1 Å². The molecule has 2 aromatic carbocycles. The molecule has 3 aromatic rings. The number of likely N-dealkylation sites (tertiary alicyclic amines) is 1. The molecule has 0 saturated carbocycles. The smallest absolute Gasteiger partial charge is 0.322 e. The molecule has 5 rings (SSSR count). The highest BCUT2D eigenvalue weighted by Gasteiger charge is 2.48. The molecule has 1 fully saturated rings. The first-order valence-electron chi connectivity index (χ1n) is 12.1. The Kier molecular flexibility index (Phi) is 7.47. The summed E-state index contributed by atoms with van der Waals surface area (Å²) in [5.41, 5.74) is 2.74. The standard InChI is InChI=1S/C28H26Cl2F2N4O/c29-24-16-20(9-12-33-24)17-34-27(37)36-18-28(25-23(36)8-7-22(32)26(25)30)10-14-35(15-11-28)13-1-2-19-3-5-21(31)6-4-19/h1-9,12,16H,10-11,13-15,17-18H2,(H,34,37)/b2-1+. The number of amides is 2. The molecular formula is C28H26Cl2F2N4O. The number of piperidine rings is 1. The maximum atomic E-state index is 14.6. The maximum Gasteiger partial charge on any atom is 0.322 e. The molecule has 9 heteroatoms. The fourth-order valence-corrected chi connectivity index (χ4v) is 5.78. The van der Waals surface area contributed by atoms with Crippen molar-refractivity contribution in [2.24, 2.45) is 0 Å². The minimum absolute atomic E-state index is 0.0957.